The lowest BCUT2D eigenvalue weighted by atomic mass is 10.0. The molecule has 1 unspecified atom stereocenters. The lowest BCUT2D eigenvalue weighted by Gasteiger charge is -2.24. The van der Waals surface area contributed by atoms with Gasteiger partial charge in [-0.25, -0.2) is 8.78 Å². The Hall–Kier alpha value is -0.960. The summed E-state index contributed by atoms with van der Waals surface area (Å²) >= 11 is 0. The number of hydrogen-bond acceptors (Lipinski definition) is 1. The summed E-state index contributed by atoms with van der Waals surface area (Å²) in [4.78, 5) is 1.96. The van der Waals surface area contributed by atoms with Gasteiger partial charge in [0.2, 0.25) is 0 Å². The van der Waals surface area contributed by atoms with Gasteiger partial charge in [0, 0.05) is 17.7 Å². The molecule has 0 heterocycles. The highest BCUT2D eigenvalue weighted by atomic mass is 19.1. The van der Waals surface area contributed by atoms with Gasteiger partial charge in [-0.05, 0) is 26.6 Å². The van der Waals surface area contributed by atoms with Crippen LogP contribution in [0.2, 0.25) is 0 Å². The molecule has 0 radical (unpaired) electrons. The lowest BCUT2D eigenvalue weighted by molar-refractivity contribution is 0.274. The van der Waals surface area contributed by atoms with Gasteiger partial charge in [-0.3, -0.25) is 0 Å². The van der Waals surface area contributed by atoms with Crippen LogP contribution in [0.1, 0.15) is 31.4 Å². The lowest BCUT2D eigenvalue weighted by Crippen LogP contribution is -2.20. The first-order chi connectivity index (χ1) is 7.06. The maximum absolute atomic E-state index is 13.5. The molecule has 1 nitrogen and oxygen atoms in total. The van der Waals surface area contributed by atoms with Crippen molar-refractivity contribution in [3.8, 4) is 0 Å². The fraction of sp³-hybridized carbons (Fsp3) is 0.500. The third-order valence-electron chi connectivity index (χ3n) is 2.51. The summed E-state index contributed by atoms with van der Waals surface area (Å²) in [5.74, 6) is -0.979. The van der Waals surface area contributed by atoms with Gasteiger partial charge < -0.3 is 4.90 Å². The molecule has 84 valence electrons. The van der Waals surface area contributed by atoms with Crippen LogP contribution in [0.5, 0.6) is 0 Å². The van der Waals surface area contributed by atoms with Crippen LogP contribution in [0.25, 0.3) is 0 Å². The van der Waals surface area contributed by atoms with E-state index in [9.17, 15) is 8.78 Å². The van der Waals surface area contributed by atoms with Gasteiger partial charge in [-0.2, -0.15) is 0 Å². The summed E-state index contributed by atoms with van der Waals surface area (Å²) in [5.41, 5.74) is 0.572. The average molecular weight is 213 g/mol. The van der Waals surface area contributed by atoms with Crippen molar-refractivity contribution in [1.29, 1.82) is 0 Å². The minimum absolute atomic E-state index is 0.0237. The van der Waals surface area contributed by atoms with E-state index in [0.717, 1.165) is 18.9 Å². The molecule has 1 aromatic carbocycles. The molecule has 1 rings (SSSR count). The van der Waals surface area contributed by atoms with Gasteiger partial charge in [0.1, 0.15) is 11.6 Å². The van der Waals surface area contributed by atoms with E-state index in [4.69, 9.17) is 0 Å². The van der Waals surface area contributed by atoms with E-state index < -0.39 is 11.6 Å². The third-order valence-corrected chi connectivity index (χ3v) is 2.51. The largest absolute Gasteiger partial charge is 0.302 e. The quantitative estimate of drug-likeness (QED) is 0.741. The Morgan fingerprint density at radius 1 is 1.27 bits per heavy atom. The normalized spacial score (nSPS) is 13.2. The van der Waals surface area contributed by atoms with Crippen molar-refractivity contribution < 1.29 is 8.78 Å². The first kappa shape index (κ1) is 12.1. The molecule has 1 aromatic rings. The van der Waals surface area contributed by atoms with Crippen LogP contribution in [0.15, 0.2) is 18.2 Å². The van der Waals surface area contributed by atoms with Gasteiger partial charge in [-0.1, -0.05) is 19.4 Å². The van der Waals surface area contributed by atoms with Gasteiger partial charge in [-0.15, -0.1) is 0 Å². The summed E-state index contributed by atoms with van der Waals surface area (Å²) in [5, 5.41) is 0. The third kappa shape index (κ3) is 2.99. The number of hydrogen-bond donors (Lipinski definition) is 0. The molecule has 0 amide bonds. The van der Waals surface area contributed by atoms with Crippen molar-refractivity contribution in [2.75, 3.05) is 14.1 Å². The molecule has 0 saturated carbocycles. The first-order valence-electron chi connectivity index (χ1n) is 5.17. The van der Waals surface area contributed by atoms with Crippen LogP contribution in [0.4, 0.5) is 8.78 Å². The van der Waals surface area contributed by atoms with Gasteiger partial charge in [0.05, 0.1) is 0 Å². The molecular weight excluding hydrogens is 196 g/mol. The van der Waals surface area contributed by atoms with Crippen molar-refractivity contribution in [2.24, 2.45) is 0 Å². The molecule has 0 aromatic heterocycles. The van der Waals surface area contributed by atoms with Crippen molar-refractivity contribution in [2.45, 2.75) is 25.8 Å². The molecular formula is C12H17F2N. The predicted molar refractivity (Wildman–Crippen MR) is 57.7 cm³/mol. The Labute approximate surface area is 89.7 Å². The van der Waals surface area contributed by atoms with E-state index in [1.807, 2.05) is 19.0 Å². The molecule has 3 heteroatoms. The zero-order chi connectivity index (χ0) is 11.4. The van der Waals surface area contributed by atoms with Crippen LogP contribution in [0.3, 0.4) is 0 Å². The maximum Gasteiger partial charge on any atom is 0.130 e. The monoisotopic (exact) mass is 213 g/mol. The minimum atomic E-state index is -0.523. The van der Waals surface area contributed by atoms with Crippen LogP contribution >= 0.6 is 0 Å². The maximum atomic E-state index is 13.5. The Bertz CT molecular complexity index is 323. The van der Waals surface area contributed by atoms with Crippen LogP contribution < -0.4 is 0 Å². The molecule has 0 aliphatic carbocycles. The Morgan fingerprint density at radius 2 is 1.93 bits per heavy atom. The summed E-state index contributed by atoms with van der Waals surface area (Å²) in [6.07, 6.45) is 1.84. The molecule has 0 bridgehead atoms. The summed E-state index contributed by atoms with van der Waals surface area (Å²) < 4.78 is 26.3. The van der Waals surface area contributed by atoms with Crippen molar-refractivity contribution in [1.82, 2.24) is 4.90 Å². The zero-order valence-electron chi connectivity index (χ0n) is 9.43. The highest BCUT2D eigenvalue weighted by Gasteiger charge is 2.17. The average Bonchev–Trinajstić information content (AvgIpc) is 2.15. The van der Waals surface area contributed by atoms with Crippen molar-refractivity contribution >= 4 is 0 Å². The topological polar surface area (TPSA) is 3.24 Å². The highest BCUT2D eigenvalue weighted by Crippen LogP contribution is 2.26. The molecule has 0 saturated heterocycles. The fourth-order valence-electron chi connectivity index (χ4n) is 1.74. The van der Waals surface area contributed by atoms with Crippen molar-refractivity contribution in [3.63, 3.8) is 0 Å². The standard InChI is InChI=1S/C12H17F2N/c1-4-5-12(15(2)3)10-7-6-9(13)8-11(10)14/h6-8,12H,4-5H2,1-3H3. The molecule has 0 N–H and O–H groups in total. The molecule has 15 heavy (non-hydrogen) atoms. The highest BCUT2D eigenvalue weighted by molar-refractivity contribution is 5.22. The zero-order valence-corrected chi connectivity index (χ0v) is 9.43. The fourth-order valence-corrected chi connectivity index (χ4v) is 1.74. The molecule has 0 aliphatic rings. The van der Waals surface area contributed by atoms with Crippen molar-refractivity contribution in [3.05, 3.63) is 35.4 Å². The Morgan fingerprint density at radius 3 is 2.40 bits per heavy atom. The number of benzene rings is 1. The van der Waals surface area contributed by atoms with Crippen LogP contribution in [-0.4, -0.2) is 19.0 Å². The van der Waals surface area contributed by atoms with Crippen LogP contribution in [0, 0.1) is 11.6 Å². The molecule has 0 aliphatic heterocycles. The second kappa shape index (κ2) is 5.21. The minimum Gasteiger partial charge on any atom is -0.302 e. The van der Waals surface area contributed by atoms with E-state index in [1.165, 1.54) is 12.1 Å². The number of halogens is 2. The smallest absolute Gasteiger partial charge is 0.130 e. The predicted octanol–water partition coefficient (Wildman–Crippen LogP) is 3.37. The SMILES string of the molecule is CCCC(c1ccc(F)cc1F)N(C)C. The Kier molecular flexibility index (Phi) is 4.21. The second-order valence-corrected chi connectivity index (χ2v) is 3.93. The summed E-state index contributed by atoms with van der Waals surface area (Å²) in [6.45, 7) is 2.05. The number of nitrogens with zero attached hydrogens (tertiary/aromatic N) is 1. The van der Waals surface area contributed by atoms with Gasteiger partial charge >= 0.3 is 0 Å². The first-order valence-corrected chi connectivity index (χ1v) is 5.17. The van der Waals surface area contributed by atoms with E-state index in [2.05, 4.69) is 6.92 Å². The number of rotatable bonds is 4. The van der Waals surface area contributed by atoms with E-state index in [1.54, 1.807) is 0 Å². The van der Waals surface area contributed by atoms with E-state index in [-0.39, 0.29) is 6.04 Å². The van der Waals surface area contributed by atoms with E-state index in [0.29, 0.717) is 5.56 Å². The second-order valence-electron chi connectivity index (χ2n) is 3.93. The molecule has 0 spiro atoms. The van der Waals surface area contributed by atoms with E-state index >= 15 is 0 Å². The molecule has 1 atom stereocenters. The van der Waals surface area contributed by atoms with Gasteiger partial charge in [0.25, 0.3) is 0 Å². The molecule has 0 fully saturated rings. The Balaban J connectivity index is 3.00. The van der Waals surface area contributed by atoms with Gasteiger partial charge in [0.15, 0.2) is 0 Å². The van der Waals surface area contributed by atoms with Crippen LogP contribution in [-0.2, 0) is 0 Å². The summed E-state index contributed by atoms with van der Waals surface area (Å²) in [7, 11) is 3.81. The summed E-state index contributed by atoms with van der Waals surface area (Å²) in [6, 6.07) is 3.81.